The molecule has 1 aromatic carbocycles. The van der Waals surface area contributed by atoms with E-state index in [0.29, 0.717) is 23.0 Å². The molecule has 0 atom stereocenters. The first-order chi connectivity index (χ1) is 8.81. The molecule has 92 valence electrons. The number of nitrogens with one attached hydrogen (secondary N) is 1. The summed E-state index contributed by atoms with van der Waals surface area (Å²) in [6, 6.07) is 8.50. The van der Waals surface area contributed by atoms with Crippen molar-refractivity contribution >= 4 is 11.8 Å². The quantitative estimate of drug-likeness (QED) is 0.664. The molecule has 0 unspecified atom stereocenters. The lowest BCUT2D eigenvalue weighted by Gasteiger charge is -1.96. The molecule has 18 heavy (non-hydrogen) atoms. The Morgan fingerprint density at radius 3 is 3.00 bits per heavy atom. The Labute approximate surface area is 108 Å². The molecule has 0 aliphatic heterocycles. The van der Waals surface area contributed by atoms with E-state index in [4.69, 9.17) is 5.26 Å². The van der Waals surface area contributed by atoms with Crippen LogP contribution in [-0.2, 0) is 0 Å². The molecule has 1 aromatic heterocycles. The number of nitriles is 1. The third-order valence-corrected chi connectivity index (χ3v) is 3.19. The van der Waals surface area contributed by atoms with Gasteiger partial charge in [0.25, 0.3) is 0 Å². The van der Waals surface area contributed by atoms with Crippen molar-refractivity contribution in [3.05, 3.63) is 30.1 Å². The van der Waals surface area contributed by atoms with Gasteiger partial charge in [0.05, 0.1) is 11.6 Å². The molecule has 0 bridgehead atoms. The number of halogens is 1. The maximum atomic E-state index is 13.5. The predicted molar refractivity (Wildman–Crippen MR) is 67.3 cm³/mol. The summed E-state index contributed by atoms with van der Waals surface area (Å²) >= 11 is 1.45. The first kappa shape index (κ1) is 12.6. The first-order valence-electron chi connectivity index (χ1n) is 5.48. The molecule has 0 aliphatic rings. The van der Waals surface area contributed by atoms with E-state index in [2.05, 4.69) is 21.3 Å². The molecule has 6 heteroatoms. The highest BCUT2D eigenvalue weighted by Gasteiger charge is 2.09. The number of benzene rings is 1. The van der Waals surface area contributed by atoms with Gasteiger partial charge in [-0.05, 0) is 18.6 Å². The van der Waals surface area contributed by atoms with Crippen LogP contribution in [-0.4, -0.2) is 20.9 Å². The zero-order valence-electron chi connectivity index (χ0n) is 9.56. The Kier molecular flexibility index (Phi) is 4.31. The maximum absolute atomic E-state index is 13.5. The Bertz CT molecular complexity index is 561. The smallest absolute Gasteiger partial charge is 0.208 e. The SMILES string of the molecule is N#CCCCSc1n[nH]c(-c2ccccc2F)n1. The van der Waals surface area contributed by atoms with Crippen LogP contribution in [0.15, 0.2) is 29.4 Å². The fourth-order valence-corrected chi connectivity index (χ4v) is 2.14. The molecule has 0 fully saturated rings. The second-order valence-corrected chi connectivity index (χ2v) is 4.62. The average Bonchev–Trinajstić information content (AvgIpc) is 2.84. The minimum atomic E-state index is -0.324. The van der Waals surface area contributed by atoms with Crippen LogP contribution in [0.2, 0.25) is 0 Å². The van der Waals surface area contributed by atoms with Crippen molar-refractivity contribution in [2.75, 3.05) is 5.75 Å². The molecule has 0 radical (unpaired) electrons. The molecule has 1 heterocycles. The monoisotopic (exact) mass is 262 g/mol. The van der Waals surface area contributed by atoms with E-state index in [1.807, 2.05) is 0 Å². The maximum Gasteiger partial charge on any atom is 0.208 e. The van der Waals surface area contributed by atoms with E-state index >= 15 is 0 Å². The summed E-state index contributed by atoms with van der Waals surface area (Å²) in [4.78, 5) is 4.21. The molecular formula is C12H11FN4S. The van der Waals surface area contributed by atoms with Crippen molar-refractivity contribution < 1.29 is 4.39 Å². The van der Waals surface area contributed by atoms with Crippen molar-refractivity contribution in [3.63, 3.8) is 0 Å². The molecule has 1 N–H and O–H groups in total. The van der Waals surface area contributed by atoms with Gasteiger partial charge in [-0.15, -0.1) is 5.10 Å². The zero-order valence-corrected chi connectivity index (χ0v) is 10.4. The first-order valence-corrected chi connectivity index (χ1v) is 6.47. The van der Waals surface area contributed by atoms with E-state index in [0.717, 1.165) is 12.2 Å². The van der Waals surface area contributed by atoms with E-state index < -0.39 is 0 Å². The fraction of sp³-hybridized carbons (Fsp3) is 0.250. The normalized spacial score (nSPS) is 10.2. The lowest BCUT2D eigenvalue weighted by molar-refractivity contribution is 0.630. The highest BCUT2D eigenvalue weighted by atomic mass is 32.2. The summed E-state index contributed by atoms with van der Waals surface area (Å²) in [6.45, 7) is 0. The van der Waals surface area contributed by atoms with Gasteiger partial charge in [-0.1, -0.05) is 23.9 Å². The molecule has 0 saturated carbocycles. The number of aromatic nitrogens is 3. The van der Waals surface area contributed by atoms with Gasteiger partial charge >= 0.3 is 0 Å². The van der Waals surface area contributed by atoms with Gasteiger partial charge in [0.1, 0.15) is 5.82 Å². The van der Waals surface area contributed by atoms with Crippen molar-refractivity contribution in [1.82, 2.24) is 15.2 Å². The van der Waals surface area contributed by atoms with Crippen LogP contribution in [0.1, 0.15) is 12.8 Å². The molecule has 0 spiro atoms. The topological polar surface area (TPSA) is 65.4 Å². The summed E-state index contributed by atoms with van der Waals surface area (Å²) in [5.41, 5.74) is 0.411. The number of rotatable bonds is 5. The van der Waals surface area contributed by atoms with Gasteiger partial charge < -0.3 is 0 Å². The van der Waals surface area contributed by atoms with Gasteiger partial charge in [0, 0.05) is 12.2 Å². The largest absolute Gasteiger partial charge is 0.258 e. The number of nitrogens with zero attached hydrogens (tertiary/aromatic N) is 3. The van der Waals surface area contributed by atoms with Crippen LogP contribution in [0.5, 0.6) is 0 Å². The summed E-state index contributed by atoms with van der Waals surface area (Å²) < 4.78 is 13.5. The number of thioether (sulfide) groups is 1. The minimum absolute atomic E-state index is 0.324. The fourth-order valence-electron chi connectivity index (χ4n) is 1.40. The summed E-state index contributed by atoms with van der Waals surface area (Å²) in [6.07, 6.45) is 1.32. The predicted octanol–water partition coefficient (Wildman–Crippen LogP) is 3.01. The average molecular weight is 262 g/mol. The minimum Gasteiger partial charge on any atom is -0.258 e. The van der Waals surface area contributed by atoms with Crippen LogP contribution in [0.4, 0.5) is 4.39 Å². The Morgan fingerprint density at radius 1 is 1.39 bits per heavy atom. The van der Waals surface area contributed by atoms with Crippen molar-refractivity contribution in [3.8, 4) is 17.5 Å². The molecule has 0 amide bonds. The third kappa shape index (κ3) is 3.08. The van der Waals surface area contributed by atoms with E-state index in [1.54, 1.807) is 18.2 Å². The highest BCUT2D eigenvalue weighted by molar-refractivity contribution is 7.99. The van der Waals surface area contributed by atoms with Crippen molar-refractivity contribution in [2.24, 2.45) is 0 Å². The van der Waals surface area contributed by atoms with Crippen LogP contribution in [0, 0.1) is 17.1 Å². The lowest BCUT2D eigenvalue weighted by atomic mass is 10.2. The number of hydrogen-bond donors (Lipinski definition) is 1. The van der Waals surface area contributed by atoms with E-state index in [-0.39, 0.29) is 5.82 Å². The summed E-state index contributed by atoms with van der Waals surface area (Å²) in [7, 11) is 0. The molecule has 0 saturated heterocycles. The molecule has 0 aliphatic carbocycles. The lowest BCUT2D eigenvalue weighted by Crippen LogP contribution is -1.85. The second kappa shape index (κ2) is 6.17. The van der Waals surface area contributed by atoms with Crippen molar-refractivity contribution in [2.45, 2.75) is 18.0 Å². The molecular weight excluding hydrogens is 251 g/mol. The number of aromatic amines is 1. The van der Waals surface area contributed by atoms with E-state index in [9.17, 15) is 4.39 Å². The van der Waals surface area contributed by atoms with Gasteiger partial charge in [-0.25, -0.2) is 9.37 Å². The summed E-state index contributed by atoms with van der Waals surface area (Å²) in [5, 5.41) is 15.7. The van der Waals surface area contributed by atoms with Crippen LogP contribution in [0.3, 0.4) is 0 Å². The second-order valence-electron chi connectivity index (χ2n) is 3.56. The van der Waals surface area contributed by atoms with Gasteiger partial charge in [-0.2, -0.15) is 5.26 Å². The van der Waals surface area contributed by atoms with Gasteiger partial charge in [-0.3, -0.25) is 5.10 Å². The number of H-pyrrole nitrogens is 1. The molecule has 4 nitrogen and oxygen atoms in total. The Morgan fingerprint density at radius 2 is 2.22 bits per heavy atom. The number of unbranched alkanes of at least 4 members (excludes halogenated alkanes) is 1. The Hall–Kier alpha value is -1.87. The van der Waals surface area contributed by atoms with Gasteiger partial charge in [0.2, 0.25) is 5.16 Å². The van der Waals surface area contributed by atoms with E-state index in [1.165, 1.54) is 17.8 Å². The highest BCUT2D eigenvalue weighted by Crippen LogP contribution is 2.21. The number of hydrogen-bond acceptors (Lipinski definition) is 4. The van der Waals surface area contributed by atoms with Crippen molar-refractivity contribution in [1.29, 1.82) is 5.26 Å². The molecule has 2 aromatic rings. The zero-order chi connectivity index (χ0) is 12.8. The standard InChI is InChI=1S/C12H11FN4S/c13-10-6-2-1-5-9(10)11-15-12(17-16-11)18-8-4-3-7-14/h1-2,5-6H,3-4,8H2,(H,15,16,17). The van der Waals surface area contributed by atoms with Gasteiger partial charge in [0.15, 0.2) is 5.82 Å². The van der Waals surface area contributed by atoms with Crippen LogP contribution < -0.4 is 0 Å². The van der Waals surface area contributed by atoms with Crippen LogP contribution >= 0.6 is 11.8 Å². The molecule has 2 rings (SSSR count). The van der Waals surface area contributed by atoms with Crippen LogP contribution in [0.25, 0.3) is 11.4 Å². The Balaban J connectivity index is 2.03. The third-order valence-electron chi connectivity index (χ3n) is 2.26. The summed E-state index contributed by atoms with van der Waals surface area (Å²) in [5.74, 6) is 0.882.